The maximum Gasteiger partial charge on any atom is 0.265 e. The van der Waals surface area contributed by atoms with Crippen molar-refractivity contribution in [2.45, 2.75) is 4.90 Å². The highest BCUT2D eigenvalue weighted by molar-refractivity contribution is 7.92. The van der Waals surface area contributed by atoms with E-state index in [1.807, 2.05) is 4.72 Å². The molecule has 2 aromatic heterocycles. The maximum atomic E-state index is 15.3. The van der Waals surface area contributed by atoms with Gasteiger partial charge in [0.15, 0.2) is 10.9 Å². The van der Waals surface area contributed by atoms with Crippen LogP contribution in [-0.2, 0) is 10.0 Å². The van der Waals surface area contributed by atoms with E-state index in [9.17, 15) is 21.6 Å². The first kappa shape index (κ1) is 21.7. The Kier molecular flexibility index (Phi) is 5.57. The summed E-state index contributed by atoms with van der Waals surface area (Å²) in [6.45, 7) is 0. The summed E-state index contributed by atoms with van der Waals surface area (Å²) in [7, 11) is -4.74. The molecular formula is C20H12F4N4O2S2. The van der Waals surface area contributed by atoms with Gasteiger partial charge >= 0.3 is 0 Å². The molecule has 4 rings (SSSR count). The molecule has 0 atom stereocenters. The van der Waals surface area contributed by atoms with Crippen LogP contribution >= 0.6 is 11.3 Å². The molecular weight excluding hydrogens is 468 g/mol. The van der Waals surface area contributed by atoms with Crippen LogP contribution in [0.4, 0.5) is 28.4 Å². The van der Waals surface area contributed by atoms with Crippen LogP contribution < -0.4 is 10.5 Å². The molecule has 0 spiro atoms. The van der Waals surface area contributed by atoms with Gasteiger partial charge < -0.3 is 5.73 Å². The summed E-state index contributed by atoms with van der Waals surface area (Å²) < 4.78 is 84.3. The number of benzene rings is 2. The fourth-order valence-corrected chi connectivity index (χ4v) is 4.93. The molecule has 0 aliphatic heterocycles. The lowest BCUT2D eigenvalue weighted by Crippen LogP contribution is -2.16. The van der Waals surface area contributed by atoms with E-state index in [1.165, 1.54) is 12.4 Å². The lowest BCUT2D eigenvalue weighted by atomic mass is 10.1. The third-order valence-electron chi connectivity index (χ3n) is 4.34. The quantitative estimate of drug-likeness (QED) is 0.400. The van der Waals surface area contributed by atoms with Crippen LogP contribution in [0, 0.1) is 23.3 Å². The fourth-order valence-electron chi connectivity index (χ4n) is 2.94. The number of halogens is 4. The number of sulfonamides is 1. The lowest BCUT2D eigenvalue weighted by Gasteiger charge is -2.13. The third-order valence-corrected chi connectivity index (χ3v) is 6.66. The van der Waals surface area contributed by atoms with Crippen molar-refractivity contribution in [2.24, 2.45) is 0 Å². The minimum atomic E-state index is -4.74. The van der Waals surface area contributed by atoms with E-state index in [-0.39, 0.29) is 10.8 Å². The second kappa shape index (κ2) is 8.20. The molecule has 0 saturated heterocycles. The van der Waals surface area contributed by atoms with Gasteiger partial charge in [-0.05, 0) is 48.0 Å². The topological polar surface area (TPSA) is 98.0 Å². The van der Waals surface area contributed by atoms with Crippen LogP contribution in [0.1, 0.15) is 0 Å². The monoisotopic (exact) mass is 480 g/mol. The predicted molar refractivity (Wildman–Crippen MR) is 112 cm³/mol. The highest BCUT2D eigenvalue weighted by Gasteiger charge is 2.26. The molecule has 2 heterocycles. The zero-order chi connectivity index (χ0) is 23.0. The zero-order valence-electron chi connectivity index (χ0n) is 15.8. The summed E-state index contributed by atoms with van der Waals surface area (Å²) in [5, 5.41) is 0.0263. The number of hydrogen-bond donors (Lipinski definition) is 2. The van der Waals surface area contributed by atoms with E-state index >= 15 is 4.39 Å². The van der Waals surface area contributed by atoms with E-state index in [1.54, 1.807) is 12.1 Å². The summed E-state index contributed by atoms with van der Waals surface area (Å²) in [4.78, 5) is 7.19. The second-order valence-electron chi connectivity index (χ2n) is 6.43. The van der Waals surface area contributed by atoms with Crippen LogP contribution in [0.25, 0.3) is 21.7 Å². The minimum Gasteiger partial charge on any atom is -0.375 e. The Morgan fingerprint density at radius 1 is 0.938 bits per heavy atom. The Labute approximate surface area is 183 Å². The molecule has 0 amide bonds. The summed E-state index contributed by atoms with van der Waals surface area (Å²) in [5.41, 5.74) is 4.83. The van der Waals surface area contributed by atoms with Gasteiger partial charge in [0.05, 0.1) is 21.8 Å². The van der Waals surface area contributed by atoms with Crippen molar-refractivity contribution in [3.05, 3.63) is 78.1 Å². The highest BCUT2D eigenvalue weighted by Crippen LogP contribution is 2.41. The summed E-state index contributed by atoms with van der Waals surface area (Å²) in [6.07, 6.45) is 2.94. The van der Waals surface area contributed by atoms with Crippen LogP contribution in [-0.4, -0.2) is 18.4 Å². The number of nitrogens with two attached hydrogens (primary N) is 1. The molecule has 0 fully saturated rings. The molecule has 0 radical (unpaired) electrons. The molecule has 0 bridgehead atoms. The van der Waals surface area contributed by atoms with Gasteiger partial charge in [0.1, 0.15) is 22.3 Å². The van der Waals surface area contributed by atoms with E-state index in [0.29, 0.717) is 22.6 Å². The normalized spacial score (nSPS) is 11.5. The number of nitrogens with zero attached hydrogens (tertiary/aromatic N) is 2. The summed E-state index contributed by atoms with van der Waals surface area (Å²) in [6, 6.07) is 6.63. The molecule has 4 aromatic rings. The van der Waals surface area contributed by atoms with Crippen molar-refractivity contribution < 1.29 is 26.0 Å². The number of pyridine rings is 1. The van der Waals surface area contributed by atoms with Gasteiger partial charge in [0.2, 0.25) is 0 Å². The first-order chi connectivity index (χ1) is 15.2. The number of thiazole rings is 1. The molecule has 0 aliphatic rings. The van der Waals surface area contributed by atoms with Gasteiger partial charge in [-0.15, -0.1) is 0 Å². The van der Waals surface area contributed by atoms with E-state index in [0.717, 1.165) is 29.5 Å². The van der Waals surface area contributed by atoms with Crippen LogP contribution in [0.5, 0.6) is 0 Å². The van der Waals surface area contributed by atoms with Gasteiger partial charge in [0, 0.05) is 12.4 Å². The highest BCUT2D eigenvalue weighted by atomic mass is 32.2. The molecule has 2 aromatic carbocycles. The van der Waals surface area contributed by atoms with Crippen LogP contribution in [0.3, 0.4) is 0 Å². The van der Waals surface area contributed by atoms with Crippen molar-refractivity contribution >= 4 is 32.2 Å². The van der Waals surface area contributed by atoms with Gasteiger partial charge in [-0.3, -0.25) is 9.71 Å². The molecule has 0 saturated carbocycles. The van der Waals surface area contributed by atoms with Crippen molar-refractivity contribution in [3.63, 3.8) is 0 Å². The Hall–Kier alpha value is -3.51. The molecule has 0 aliphatic carbocycles. The Morgan fingerprint density at radius 2 is 1.62 bits per heavy atom. The third kappa shape index (κ3) is 4.01. The van der Waals surface area contributed by atoms with Gasteiger partial charge in [-0.25, -0.2) is 31.0 Å². The average Bonchev–Trinajstić information content (AvgIpc) is 3.14. The van der Waals surface area contributed by atoms with Crippen molar-refractivity contribution in [1.29, 1.82) is 0 Å². The molecule has 164 valence electrons. The number of nitrogens with one attached hydrogen (secondary N) is 1. The van der Waals surface area contributed by atoms with E-state index < -0.39 is 49.4 Å². The van der Waals surface area contributed by atoms with Gasteiger partial charge in [-0.1, -0.05) is 11.3 Å². The number of nitrogen functional groups attached to an aromatic ring is 1. The van der Waals surface area contributed by atoms with Gasteiger partial charge in [-0.2, -0.15) is 0 Å². The van der Waals surface area contributed by atoms with E-state index in [2.05, 4.69) is 9.97 Å². The molecule has 6 nitrogen and oxygen atoms in total. The van der Waals surface area contributed by atoms with Crippen molar-refractivity contribution in [2.75, 3.05) is 10.5 Å². The molecule has 32 heavy (non-hydrogen) atoms. The lowest BCUT2D eigenvalue weighted by molar-refractivity contribution is 0.554. The van der Waals surface area contributed by atoms with Crippen molar-refractivity contribution in [1.82, 2.24) is 9.97 Å². The molecule has 12 heteroatoms. The number of aromatic nitrogens is 2. The van der Waals surface area contributed by atoms with E-state index in [4.69, 9.17) is 5.73 Å². The predicted octanol–water partition coefficient (Wildman–Crippen LogP) is 4.81. The number of anilines is 2. The first-order valence-corrected chi connectivity index (χ1v) is 11.1. The summed E-state index contributed by atoms with van der Waals surface area (Å²) >= 11 is 0.975. The number of hydrogen-bond acceptors (Lipinski definition) is 6. The maximum absolute atomic E-state index is 15.3. The zero-order valence-corrected chi connectivity index (χ0v) is 17.4. The number of rotatable bonds is 5. The molecule has 0 unspecified atom stereocenters. The smallest absolute Gasteiger partial charge is 0.265 e. The minimum absolute atomic E-state index is 0.0263. The summed E-state index contributed by atoms with van der Waals surface area (Å²) in [5.74, 6) is -4.57. The van der Waals surface area contributed by atoms with Crippen LogP contribution in [0.2, 0.25) is 0 Å². The second-order valence-corrected chi connectivity index (χ2v) is 9.11. The molecule has 3 N–H and O–H groups in total. The SMILES string of the molecule is Nc1nc(-c2c(F)ccc(NS(=O)(=O)c3cc(F)ccc3F)c2F)c(-c2ccncc2)s1. The first-order valence-electron chi connectivity index (χ1n) is 8.80. The fraction of sp³-hybridized carbons (Fsp3) is 0. The van der Waals surface area contributed by atoms with Gasteiger partial charge in [0.25, 0.3) is 10.0 Å². The van der Waals surface area contributed by atoms with Crippen LogP contribution in [0.15, 0.2) is 59.8 Å². The Bertz CT molecular complexity index is 1430. The average molecular weight is 480 g/mol. The Morgan fingerprint density at radius 3 is 2.34 bits per heavy atom. The van der Waals surface area contributed by atoms with Crippen molar-refractivity contribution in [3.8, 4) is 21.7 Å². The Balaban J connectivity index is 1.83. The largest absolute Gasteiger partial charge is 0.375 e. The standard InChI is InChI=1S/C20H12F4N4O2S2/c21-11-1-2-12(22)15(9-11)32(29,30)28-14-4-3-13(23)16(17(14)24)18-19(31-20(25)27-18)10-5-7-26-8-6-10/h1-9,28H,(H2,25,27).